The summed E-state index contributed by atoms with van der Waals surface area (Å²) in [6.45, 7) is 0. The standard InChI is InChI=1S/C4H4O4.ClH.Na.H/c5-3(6)1-2-4(7)8;;;/h1-2H,(H,5,6)(H,7,8);1H;;/q;;+1;-1/b2-1-;;;. The number of hydrogen-bond donors (Lipinski definition) is 2. The van der Waals surface area contributed by atoms with Gasteiger partial charge in [-0.25, -0.2) is 9.59 Å². The molecule has 0 aliphatic heterocycles. The van der Waals surface area contributed by atoms with E-state index in [1.165, 1.54) is 0 Å². The molecule has 0 aromatic rings. The Morgan fingerprint density at radius 1 is 1.10 bits per heavy atom. The van der Waals surface area contributed by atoms with E-state index in [0.717, 1.165) is 0 Å². The molecule has 0 atom stereocenters. The first kappa shape index (κ1) is 16.5. The Morgan fingerprint density at radius 3 is 1.40 bits per heavy atom. The third-order valence-electron chi connectivity index (χ3n) is 0.368. The van der Waals surface area contributed by atoms with Crippen LogP contribution in [-0.2, 0) is 9.59 Å². The van der Waals surface area contributed by atoms with Gasteiger partial charge in [0.05, 0.1) is 0 Å². The maximum atomic E-state index is 9.55. The average Bonchev–Trinajstić information content (AvgIpc) is 1.61. The third-order valence-corrected chi connectivity index (χ3v) is 0.368. The largest absolute Gasteiger partial charge is 1.00 e. The summed E-state index contributed by atoms with van der Waals surface area (Å²) in [5, 5.41) is 15.6. The van der Waals surface area contributed by atoms with E-state index in [9.17, 15) is 9.59 Å². The first-order valence-electron chi connectivity index (χ1n) is 1.77. The van der Waals surface area contributed by atoms with Gasteiger partial charge in [0.1, 0.15) is 0 Å². The average molecular weight is 177 g/mol. The molecule has 0 amide bonds. The monoisotopic (exact) mass is 176 g/mol. The number of rotatable bonds is 2. The fourth-order valence-electron chi connectivity index (χ4n) is 0.143. The zero-order chi connectivity index (χ0) is 6.57. The number of carbonyl (C=O) groups is 2. The van der Waals surface area contributed by atoms with Crippen LogP contribution in [0.2, 0.25) is 0 Å². The van der Waals surface area contributed by atoms with Gasteiger partial charge in [-0.05, 0) is 0 Å². The molecule has 0 spiro atoms. The number of carboxylic acid groups (broad SMARTS) is 2. The summed E-state index contributed by atoms with van der Waals surface area (Å²) in [5.41, 5.74) is 0. The summed E-state index contributed by atoms with van der Waals surface area (Å²) in [6, 6.07) is 0. The summed E-state index contributed by atoms with van der Waals surface area (Å²) in [6.07, 6.45) is 1.12. The Kier molecular flexibility index (Phi) is 14.8. The van der Waals surface area contributed by atoms with Crippen LogP contribution < -0.4 is 29.6 Å². The van der Waals surface area contributed by atoms with Gasteiger partial charge in [0.15, 0.2) is 0 Å². The van der Waals surface area contributed by atoms with Gasteiger partial charge in [-0.15, -0.1) is 12.4 Å². The molecule has 0 bridgehead atoms. The molecule has 0 saturated heterocycles. The quantitative estimate of drug-likeness (QED) is 0.353. The Balaban J connectivity index is -0.0000000817. The Hall–Kier alpha value is -0.0300. The maximum absolute atomic E-state index is 9.55. The number of halogens is 1. The SMILES string of the molecule is Cl.O=C(O)/C=C\C(=O)O.[H-].[Na+]. The van der Waals surface area contributed by atoms with E-state index >= 15 is 0 Å². The van der Waals surface area contributed by atoms with E-state index in [1.54, 1.807) is 0 Å². The van der Waals surface area contributed by atoms with E-state index in [4.69, 9.17) is 10.2 Å². The molecule has 0 aromatic heterocycles. The molecule has 0 heterocycles. The predicted octanol–water partition coefficient (Wildman–Crippen LogP) is -2.75. The van der Waals surface area contributed by atoms with Crippen molar-refractivity contribution in [3.63, 3.8) is 0 Å². The van der Waals surface area contributed by atoms with Gasteiger partial charge >= 0.3 is 41.5 Å². The molecule has 0 aliphatic rings. The summed E-state index contributed by atoms with van der Waals surface area (Å²) >= 11 is 0. The Bertz CT molecular complexity index is 133. The smallest absolute Gasteiger partial charge is 1.00 e. The van der Waals surface area contributed by atoms with E-state index in [-0.39, 0.29) is 43.4 Å². The van der Waals surface area contributed by atoms with Crippen molar-refractivity contribution in [2.75, 3.05) is 0 Å². The van der Waals surface area contributed by atoms with E-state index in [0.29, 0.717) is 12.2 Å². The molecule has 0 radical (unpaired) electrons. The van der Waals surface area contributed by atoms with Crippen molar-refractivity contribution < 1.29 is 50.8 Å². The molecule has 0 aromatic carbocycles. The molecule has 6 heteroatoms. The van der Waals surface area contributed by atoms with Crippen LogP contribution in [-0.4, -0.2) is 22.2 Å². The minimum atomic E-state index is -1.26. The summed E-state index contributed by atoms with van der Waals surface area (Å²) in [5.74, 6) is -2.51. The molecule has 10 heavy (non-hydrogen) atoms. The van der Waals surface area contributed by atoms with Crippen LogP contribution in [0.3, 0.4) is 0 Å². The van der Waals surface area contributed by atoms with Crippen LogP contribution in [0, 0.1) is 0 Å². The molecule has 0 rings (SSSR count). The minimum absolute atomic E-state index is 0. The second-order valence-electron chi connectivity index (χ2n) is 1.01. The van der Waals surface area contributed by atoms with Crippen LogP contribution in [0.1, 0.15) is 1.43 Å². The van der Waals surface area contributed by atoms with Crippen molar-refractivity contribution in [2.45, 2.75) is 0 Å². The van der Waals surface area contributed by atoms with Crippen LogP contribution in [0.5, 0.6) is 0 Å². The molecular weight excluding hydrogens is 170 g/mol. The van der Waals surface area contributed by atoms with Crippen molar-refractivity contribution in [3.05, 3.63) is 12.2 Å². The summed E-state index contributed by atoms with van der Waals surface area (Å²) in [7, 11) is 0. The first-order chi connectivity index (χ1) is 3.63. The molecule has 0 saturated carbocycles. The third kappa shape index (κ3) is 15.7. The summed E-state index contributed by atoms with van der Waals surface area (Å²) < 4.78 is 0. The molecule has 0 aliphatic carbocycles. The molecule has 4 nitrogen and oxygen atoms in total. The van der Waals surface area contributed by atoms with Crippen LogP contribution in [0.15, 0.2) is 12.2 Å². The van der Waals surface area contributed by atoms with Gasteiger partial charge in [-0.2, -0.15) is 0 Å². The van der Waals surface area contributed by atoms with Crippen molar-refractivity contribution in [2.24, 2.45) is 0 Å². The van der Waals surface area contributed by atoms with Gasteiger partial charge in [-0.1, -0.05) is 0 Å². The van der Waals surface area contributed by atoms with Crippen LogP contribution >= 0.6 is 12.4 Å². The zero-order valence-electron chi connectivity index (χ0n) is 6.27. The summed E-state index contributed by atoms with van der Waals surface area (Å²) in [4.78, 5) is 19.1. The number of aliphatic carboxylic acids is 2. The molecule has 2 N–H and O–H groups in total. The Morgan fingerprint density at radius 2 is 1.30 bits per heavy atom. The maximum Gasteiger partial charge on any atom is 1.00 e. The number of hydrogen-bond acceptors (Lipinski definition) is 2. The predicted molar refractivity (Wildman–Crippen MR) is 32.8 cm³/mol. The van der Waals surface area contributed by atoms with Crippen molar-refractivity contribution in [1.29, 1.82) is 0 Å². The molecule has 0 fully saturated rings. The first-order valence-corrected chi connectivity index (χ1v) is 1.77. The fraction of sp³-hybridized carbons (Fsp3) is 0. The zero-order valence-corrected chi connectivity index (χ0v) is 8.09. The van der Waals surface area contributed by atoms with Crippen molar-refractivity contribution >= 4 is 24.3 Å². The minimum Gasteiger partial charge on any atom is -1.00 e. The Labute approximate surface area is 87.1 Å². The van der Waals surface area contributed by atoms with Gasteiger partial charge < -0.3 is 11.6 Å². The second kappa shape index (κ2) is 8.97. The topological polar surface area (TPSA) is 74.6 Å². The van der Waals surface area contributed by atoms with Gasteiger partial charge in [-0.3, -0.25) is 0 Å². The normalized spacial score (nSPS) is 7.60. The van der Waals surface area contributed by atoms with Crippen molar-refractivity contribution in [1.82, 2.24) is 0 Å². The molecular formula is C4H6ClNaO4. The number of carboxylic acids is 2. The van der Waals surface area contributed by atoms with E-state index < -0.39 is 11.9 Å². The van der Waals surface area contributed by atoms with Crippen molar-refractivity contribution in [3.8, 4) is 0 Å². The molecule has 54 valence electrons. The van der Waals surface area contributed by atoms with Gasteiger partial charge in [0.2, 0.25) is 0 Å². The fourth-order valence-corrected chi connectivity index (χ4v) is 0.143. The van der Waals surface area contributed by atoms with Crippen LogP contribution in [0.4, 0.5) is 0 Å². The second-order valence-corrected chi connectivity index (χ2v) is 1.01. The molecule has 0 unspecified atom stereocenters. The van der Waals surface area contributed by atoms with E-state index in [2.05, 4.69) is 0 Å². The van der Waals surface area contributed by atoms with E-state index in [1.807, 2.05) is 0 Å². The van der Waals surface area contributed by atoms with Gasteiger partial charge in [0.25, 0.3) is 0 Å². The van der Waals surface area contributed by atoms with Gasteiger partial charge in [0, 0.05) is 12.2 Å². The van der Waals surface area contributed by atoms with Crippen LogP contribution in [0.25, 0.3) is 0 Å².